The molecule has 0 aliphatic rings. The molecule has 0 spiro atoms. The van der Waals surface area contributed by atoms with Crippen molar-refractivity contribution in [3.63, 3.8) is 0 Å². The van der Waals surface area contributed by atoms with Crippen LogP contribution in [0.2, 0.25) is 5.02 Å². The SMILES string of the molecule is CCCOC(C)Cc1ccc(C)c(CNC(=O)c2ccc(Cl)cc2C(C)C)c1. The van der Waals surface area contributed by atoms with Crippen LogP contribution in [0.25, 0.3) is 0 Å². The van der Waals surface area contributed by atoms with Gasteiger partial charge in [-0.3, -0.25) is 4.79 Å². The first-order valence-corrected chi connectivity index (χ1v) is 10.5. The Morgan fingerprint density at radius 3 is 2.57 bits per heavy atom. The molecule has 28 heavy (non-hydrogen) atoms. The van der Waals surface area contributed by atoms with Gasteiger partial charge < -0.3 is 10.1 Å². The summed E-state index contributed by atoms with van der Waals surface area (Å²) in [6.45, 7) is 11.7. The highest BCUT2D eigenvalue weighted by Gasteiger charge is 2.15. The van der Waals surface area contributed by atoms with Crippen LogP contribution in [0.4, 0.5) is 0 Å². The van der Waals surface area contributed by atoms with Crippen LogP contribution in [-0.2, 0) is 17.7 Å². The number of rotatable bonds is 9. The average Bonchev–Trinajstić information content (AvgIpc) is 2.66. The van der Waals surface area contributed by atoms with E-state index in [-0.39, 0.29) is 17.9 Å². The fourth-order valence-electron chi connectivity index (χ4n) is 3.24. The topological polar surface area (TPSA) is 38.3 Å². The fraction of sp³-hybridized carbons (Fsp3) is 0.458. The summed E-state index contributed by atoms with van der Waals surface area (Å²) >= 11 is 6.11. The van der Waals surface area contributed by atoms with Crippen molar-refractivity contribution in [2.24, 2.45) is 0 Å². The number of carbonyl (C=O) groups excluding carboxylic acids is 1. The van der Waals surface area contributed by atoms with Gasteiger partial charge in [-0.25, -0.2) is 0 Å². The molecular weight excluding hydrogens is 370 g/mol. The third-order valence-corrected chi connectivity index (χ3v) is 5.10. The van der Waals surface area contributed by atoms with Gasteiger partial charge in [0.1, 0.15) is 0 Å². The van der Waals surface area contributed by atoms with Crippen LogP contribution in [0.15, 0.2) is 36.4 Å². The Morgan fingerprint density at radius 1 is 1.14 bits per heavy atom. The number of carbonyl (C=O) groups is 1. The molecular formula is C24H32ClNO2. The summed E-state index contributed by atoms with van der Waals surface area (Å²) in [5.41, 5.74) is 5.19. The maximum Gasteiger partial charge on any atom is 0.251 e. The third-order valence-electron chi connectivity index (χ3n) is 4.86. The summed E-state index contributed by atoms with van der Waals surface area (Å²) in [4.78, 5) is 12.8. The second-order valence-electron chi connectivity index (χ2n) is 7.72. The van der Waals surface area contributed by atoms with E-state index in [1.807, 2.05) is 12.1 Å². The molecule has 0 saturated carbocycles. The minimum Gasteiger partial charge on any atom is -0.378 e. The predicted octanol–water partition coefficient (Wildman–Crippen LogP) is 6.06. The highest BCUT2D eigenvalue weighted by Crippen LogP contribution is 2.24. The molecule has 1 atom stereocenters. The van der Waals surface area contributed by atoms with Crippen LogP contribution < -0.4 is 5.32 Å². The van der Waals surface area contributed by atoms with E-state index >= 15 is 0 Å². The van der Waals surface area contributed by atoms with Crippen molar-refractivity contribution in [1.82, 2.24) is 5.32 Å². The molecule has 1 N–H and O–H groups in total. The zero-order chi connectivity index (χ0) is 20.7. The summed E-state index contributed by atoms with van der Waals surface area (Å²) in [5.74, 6) is 0.166. The molecule has 0 bridgehead atoms. The lowest BCUT2D eigenvalue weighted by Crippen LogP contribution is -2.24. The van der Waals surface area contributed by atoms with E-state index in [9.17, 15) is 4.79 Å². The van der Waals surface area contributed by atoms with Crippen LogP contribution in [0, 0.1) is 6.92 Å². The predicted molar refractivity (Wildman–Crippen MR) is 117 cm³/mol. The molecule has 0 saturated heterocycles. The Morgan fingerprint density at radius 2 is 1.89 bits per heavy atom. The lowest BCUT2D eigenvalue weighted by atomic mass is 9.96. The minimum atomic E-state index is -0.0650. The molecule has 2 aromatic rings. The Kier molecular flexibility index (Phi) is 8.53. The second kappa shape index (κ2) is 10.6. The second-order valence-corrected chi connectivity index (χ2v) is 8.15. The lowest BCUT2D eigenvalue weighted by Gasteiger charge is -2.16. The Labute approximate surface area is 174 Å². The zero-order valence-electron chi connectivity index (χ0n) is 17.6. The van der Waals surface area contributed by atoms with Gasteiger partial charge in [0.15, 0.2) is 0 Å². The molecule has 0 aliphatic carbocycles. The summed E-state index contributed by atoms with van der Waals surface area (Å²) in [6.07, 6.45) is 2.09. The van der Waals surface area contributed by atoms with E-state index in [1.165, 1.54) is 11.1 Å². The number of nitrogens with one attached hydrogen (secondary N) is 1. The number of benzene rings is 2. The van der Waals surface area contributed by atoms with E-state index in [1.54, 1.807) is 6.07 Å². The van der Waals surface area contributed by atoms with Gasteiger partial charge in [-0.2, -0.15) is 0 Å². The van der Waals surface area contributed by atoms with Gasteiger partial charge in [0.05, 0.1) is 6.10 Å². The minimum absolute atomic E-state index is 0.0650. The largest absolute Gasteiger partial charge is 0.378 e. The van der Waals surface area contributed by atoms with E-state index < -0.39 is 0 Å². The van der Waals surface area contributed by atoms with Gasteiger partial charge in [-0.15, -0.1) is 0 Å². The number of aryl methyl sites for hydroxylation is 1. The van der Waals surface area contributed by atoms with E-state index in [0.29, 0.717) is 17.1 Å². The normalized spacial score (nSPS) is 12.2. The first-order valence-electron chi connectivity index (χ1n) is 10.1. The number of hydrogen-bond acceptors (Lipinski definition) is 2. The molecule has 2 rings (SSSR count). The Bertz CT molecular complexity index is 801. The Balaban J connectivity index is 2.08. The monoisotopic (exact) mass is 401 g/mol. The van der Waals surface area contributed by atoms with Crippen molar-refractivity contribution in [2.45, 2.75) is 66.0 Å². The van der Waals surface area contributed by atoms with Gasteiger partial charge >= 0.3 is 0 Å². The van der Waals surface area contributed by atoms with Gasteiger partial charge in [0.2, 0.25) is 0 Å². The van der Waals surface area contributed by atoms with Gasteiger partial charge in [0, 0.05) is 23.7 Å². The summed E-state index contributed by atoms with van der Waals surface area (Å²) in [6, 6.07) is 11.9. The zero-order valence-corrected chi connectivity index (χ0v) is 18.4. The lowest BCUT2D eigenvalue weighted by molar-refractivity contribution is 0.0669. The summed E-state index contributed by atoms with van der Waals surface area (Å²) < 4.78 is 5.79. The molecule has 1 unspecified atom stereocenters. The molecule has 4 heteroatoms. The van der Waals surface area contributed by atoms with Crippen molar-refractivity contribution < 1.29 is 9.53 Å². The fourth-order valence-corrected chi connectivity index (χ4v) is 3.42. The molecule has 0 fully saturated rings. The van der Waals surface area contributed by atoms with E-state index in [4.69, 9.17) is 16.3 Å². The molecule has 1 amide bonds. The highest BCUT2D eigenvalue weighted by molar-refractivity contribution is 6.30. The van der Waals surface area contributed by atoms with Crippen molar-refractivity contribution in [3.8, 4) is 0 Å². The molecule has 3 nitrogen and oxygen atoms in total. The maximum atomic E-state index is 12.8. The van der Waals surface area contributed by atoms with E-state index in [0.717, 1.165) is 30.6 Å². The molecule has 2 aromatic carbocycles. The van der Waals surface area contributed by atoms with Crippen molar-refractivity contribution >= 4 is 17.5 Å². The van der Waals surface area contributed by atoms with Crippen molar-refractivity contribution in [3.05, 3.63) is 69.2 Å². The molecule has 152 valence electrons. The van der Waals surface area contributed by atoms with Gasteiger partial charge in [0.25, 0.3) is 5.91 Å². The third kappa shape index (κ3) is 6.35. The van der Waals surface area contributed by atoms with Crippen molar-refractivity contribution in [1.29, 1.82) is 0 Å². The summed E-state index contributed by atoms with van der Waals surface area (Å²) in [5, 5.41) is 3.73. The standard InChI is InChI=1S/C24H32ClNO2/c1-6-11-28-18(5)12-19-8-7-17(4)20(13-19)15-26-24(27)22-10-9-21(25)14-23(22)16(2)3/h7-10,13-14,16,18H,6,11-12,15H2,1-5H3,(H,26,27). The van der Waals surface area contributed by atoms with Crippen LogP contribution in [0.1, 0.15) is 72.6 Å². The molecule has 0 radical (unpaired) electrons. The summed E-state index contributed by atoms with van der Waals surface area (Å²) in [7, 11) is 0. The maximum absolute atomic E-state index is 12.8. The molecule has 0 heterocycles. The number of ether oxygens (including phenoxy) is 1. The molecule has 0 aliphatic heterocycles. The average molecular weight is 402 g/mol. The van der Waals surface area contributed by atoms with Gasteiger partial charge in [-0.05, 0) is 73.1 Å². The number of hydrogen-bond donors (Lipinski definition) is 1. The smallest absolute Gasteiger partial charge is 0.251 e. The van der Waals surface area contributed by atoms with Crippen LogP contribution in [0.3, 0.4) is 0 Å². The van der Waals surface area contributed by atoms with Gasteiger partial charge in [-0.1, -0.05) is 50.6 Å². The van der Waals surface area contributed by atoms with E-state index in [2.05, 4.69) is 58.1 Å². The number of amides is 1. The quantitative estimate of drug-likeness (QED) is 0.554. The first-order chi connectivity index (χ1) is 13.3. The molecule has 0 aromatic heterocycles. The van der Waals surface area contributed by atoms with Crippen LogP contribution >= 0.6 is 11.6 Å². The van der Waals surface area contributed by atoms with Crippen molar-refractivity contribution in [2.75, 3.05) is 6.61 Å². The van der Waals surface area contributed by atoms with Crippen LogP contribution in [0.5, 0.6) is 0 Å². The number of halogens is 1. The van der Waals surface area contributed by atoms with Crippen LogP contribution in [-0.4, -0.2) is 18.6 Å². The first kappa shape index (κ1) is 22.4. The Hall–Kier alpha value is -1.84. The highest BCUT2D eigenvalue weighted by atomic mass is 35.5.